The van der Waals surface area contributed by atoms with Crippen molar-refractivity contribution in [2.24, 2.45) is 0 Å². The summed E-state index contributed by atoms with van der Waals surface area (Å²) in [5, 5.41) is 3.17. The number of carbonyl (C=O) groups is 2. The van der Waals surface area contributed by atoms with Crippen molar-refractivity contribution < 1.29 is 9.59 Å². The Morgan fingerprint density at radius 2 is 1.90 bits per heavy atom. The van der Waals surface area contributed by atoms with E-state index in [4.69, 9.17) is 0 Å². The lowest BCUT2D eigenvalue weighted by atomic mass is 10.0. The zero-order valence-electron chi connectivity index (χ0n) is 12.2. The molecule has 0 bridgehead atoms. The highest BCUT2D eigenvalue weighted by atomic mass is 16.2. The molecular formula is C15H21N3O2. The minimum atomic E-state index is -0.222. The van der Waals surface area contributed by atoms with Crippen LogP contribution in [0.2, 0.25) is 0 Å². The van der Waals surface area contributed by atoms with Crippen LogP contribution in [-0.4, -0.2) is 48.9 Å². The van der Waals surface area contributed by atoms with Gasteiger partial charge in [0, 0.05) is 13.6 Å². The number of amides is 3. The number of carbonyl (C=O) groups excluding carboxylic acids is 2. The predicted molar refractivity (Wildman–Crippen MR) is 77.4 cm³/mol. The number of rotatable bonds is 5. The van der Waals surface area contributed by atoms with Gasteiger partial charge in [0.05, 0.1) is 6.04 Å². The second-order valence-corrected chi connectivity index (χ2v) is 5.08. The third-order valence-electron chi connectivity index (χ3n) is 3.73. The molecule has 5 heteroatoms. The molecule has 1 fully saturated rings. The quantitative estimate of drug-likeness (QED) is 0.827. The van der Waals surface area contributed by atoms with Gasteiger partial charge < -0.3 is 10.2 Å². The molecule has 1 aliphatic rings. The summed E-state index contributed by atoms with van der Waals surface area (Å²) in [5.41, 5.74) is 2.36. The minimum absolute atomic E-state index is 0.0414. The Kier molecular flexibility index (Phi) is 4.39. The average Bonchev–Trinajstić information content (AvgIpc) is 2.70. The van der Waals surface area contributed by atoms with Crippen LogP contribution in [0.4, 0.5) is 4.79 Å². The van der Waals surface area contributed by atoms with Gasteiger partial charge in [-0.3, -0.25) is 9.69 Å². The first-order chi connectivity index (χ1) is 9.56. The molecule has 1 unspecified atom stereocenters. The van der Waals surface area contributed by atoms with E-state index in [0.717, 1.165) is 12.0 Å². The largest absolute Gasteiger partial charge is 0.327 e. The normalized spacial score (nSPS) is 16.9. The lowest BCUT2D eigenvalue weighted by Crippen LogP contribution is -2.38. The van der Waals surface area contributed by atoms with Gasteiger partial charge in [-0.1, -0.05) is 31.2 Å². The number of nitrogens with zero attached hydrogens (tertiary/aromatic N) is 2. The Labute approximate surface area is 119 Å². The fourth-order valence-corrected chi connectivity index (χ4v) is 2.38. The highest BCUT2D eigenvalue weighted by Gasteiger charge is 2.34. The third kappa shape index (κ3) is 2.82. The molecule has 0 aliphatic carbocycles. The Morgan fingerprint density at radius 3 is 2.35 bits per heavy atom. The van der Waals surface area contributed by atoms with E-state index < -0.39 is 0 Å². The van der Waals surface area contributed by atoms with Crippen LogP contribution >= 0.6 is 0 Å². The number of nitrogens with one attached hydrogen (secondary N) is 1. The average molecular weight is 275 g/mol. The molecule has 0 aromatic heterocycles. The molecule has 0 spiro atoms. The lowest BCUT2D eigenvalue weighted by Gasteiger charge is -2.22. The maximum Gasteiger partial charge on any atom is 0.327 e. The highest BCUT2D eigenvalue weighted by molar-refractivity contribution is 6.01. The monoisotopic (exact) mass is 275 g/mol. The first-order valence-corrected chi connectivity index (χ1v) is 6.88. The van der Waals surface area contributed by atoms with Crippen molar-refractivity contribution in [3.63, 3.8) is 0 Å². The van der Waals surface area contributed by atoms with E-state index in [2.05, 4.69) is 36.5 Å². The zero-order chi connectivity index (χ0) is 14.7. The van der Waals surface area contributed by atoms with Gasteiger partial charge in [0.1, 0.15) is 6.54 Å². The number of benzene rings is 1. The fourth-order valence-electron chi connectivity index (χ4n) is 2.38. The Morgan fingerprint density at radius 1 is 1.25 bits per heavy atom. The van der Waals surface area contributed by atoms with Gasteiger partial charge in [0.2, 0.25) is 5.91 Å². The molecule has 2 rings (SSSR count). The van der Waals surface area contributed by atoms with Crippen LogP contribution < -0.4 is 5.32 Å². The molecule has 0 saturated carbocycles. The molecule has 0 radical (unpaired) electrons. The summed E-state index contributed by atoms with van der Waals surface area (Å²) in [6.07, 6.45) is 0.998. The van der Waals surface area contributed by atoms with Crippen molar-refractivity contribution in [2.75, 3.05) is 27.2 Å². The lowest BCUT2D eigenvalue weighted by molar-refractivity contribution is -0.125. The van der Waals surface area contributed by atoms with E-state index in [-0.39, 0.29) is 24.5 Å². The highest BCUT2D eigenvalue weighted by Crippen LogP contribution is 2.18. The summed E-state index contributed by atoms with van der Waals surface area (Å²) in [6.45, 7) is 2.65. The van der Waals surface area contributed by atoms with Crippen LogP contribution in [0.15, 0.2) is 24.3 Å². The number of likely N-dealkylation sites (N-methyl/N-ethyl adjacent to an activating group) is 2. The molecule has 1 saturated heterocycles. The van der Waals surface area contributed by atoms with Crippen LogP contribution in [0.5, 0.6) is 0 Å². The van der Waals surface area contributed by atoms with Gasteiger partial charge in [-0.2, -0.15) is 0 Å². The molecule has 1 heterocycles. The van der Waals surface area contributed by atoms with Crippen LogP contribution in [-0.2, 0) is 11.2 Å². The summed E-state index contributed by atoms with van der Waals surface area (Å²) in [4.78, 5) is 26.5. The van der Waals surface area contributed by atoms with E-state index in [1.807, 2.05) is 7.05 Å². The van der Waals surface area contributed by atoms with Crippen molar-refractivity contribution in [3.8, 4) is 0 Å². The Balaban J connectivity index is 2.12. The molecule has 1 atom stereocenters. The summed E-state index contributed by atoms with van der Waals surface area (Å²) >= 11 is 0. The molecule has 5 nitrogen and oxygen atoms in total. The molecule has 1 aliphatic heterocycles. The van der Waals surface area contributed by atoms with Gasteiger partial charge >= 0.3 is 6.03 Å². The van der Waals surface area contributed by atoms with Crippen molar-refractivity contribution in [1.82, 2.24) is 15.1 Å². The number of aryl methyl sites for hydroxylation is 1. The Bertz CT molecular complexity index is 498. The van der Waals surface area contributed by atoms with Crippen molar-refractivity contribution in [2.45, 2.75) is 19.4 Å². The number of imide groups is 1. The van der Waals surface area contributed by atoms with Gasteiger partial charge in [0.25, 0.3) is 0 Å². The fraction of sp³-hybridized carbons (Fsp3) is 0.467. The standard InChI is InChI=1S/C15H21N3O2/c1-4-11-5-7-12(8-6-11)13(16-2)9-18-14(19)10-17(3)15(18)20/h5-8,13,16H,4,9-10H2,1-3H3. The molecular weight excluding hydrogens is 254 g/mol. The summed E-state index contributed by atoms with van der Waals surface area (Å²) in [5.74, 6) is -0.136. The van der Waals surface area contributed by atoms with E-state index in [9.17, 15) is 9.59 Å². The molecule has 1 aromatic carbocycles. The summed E-state index contributed by atoms with van der Waals surface area (Å²) < 4.78 is 0. The second kappa shape index (κ2) is 6.05. The first-order valence-electron chi connectivity index (χ1n) is 6.88. The summed E-state index contributed by atoms with van der Waals surface area (Å²) in [7, 11) is 3.48. The molecule has 108 valence electrons. The zero-order valence-corrected chi connectivity index (χ0v) is 12.2. The van der Waals surface area contributed by atoms with Gasteiger partial charge in [-0.25, -0.2) is 4.79 Å². The van der Waals surface area contributed by atoms with Crippen molar-refractivity contribution in [3.05, 3.63) is 35.4 Å². The van der Waals surface area contributed by atoms with Crippen LogP contribution in [0.1, 0.15) is 24.1 Å². The first kappa shape index (κ1) is 14.5. The van der Waals surface area contributed by atoms with E-state index >= 15 is 0 Å². The number of hydrogen-bond acceptors (Lipinski definition) is 3. The number of hydrogen-bond donors (Lipinski definition) is 1. The van der Waals surface area contributed by atoms with Gasteiger partial charge in [0.15, 0.2) is 0 Å². The molecule has 1 aromatic rings. The second-order valence-electron chi connectivity index (χ2n) is 5.08. The molecule has 20 heavy (non-hydrogen) atoms. The SMILES string of the molecule is CCc1ccc(C(CN2C(=O)CN(C)C2=O)NC)cc1. The van der Waals surface area contributed by atoms with Crippen LogP contribution in [0.3, 0.4) is 0 Å². The van der Waals surface area contributed by atoms with E-state index in [0.29, 0.717) is 6.54 Å². The minimum Gasteiger partial charge on any atom is -0.318 e. The van der Waals surface area contributed by atoms with E-state index in [1.54, 1.807) is 7.05 Å². The van der Waals surface area contributed by atoms with Gasteiger partial charge in [-0.05, 0) is 24.6 Å². The van der Waals surface area contributed by atoms with Crippen molar-refractivity contribution in [1.29, 1.82) is 0 Å². The van der Waals surface area contributed by atoms with Gasteiger partial charge in [-0.15, -0.1) is 0 Å². The topological polar surface area (TPSA) is 52.7 Å². The maximum absolute atomic E-state index is 11.9. The maximum atomic E-state index is 11.9. The Hall–Kier alpha value is -1.88. The summed E-state index contributed by atoms with van der Waals surface area (Å²) in [6, 6.07) is 8.00. The molecule has 3 amide bonds. The third-order valence-corrected chi connectivity index (χ3v) is 3.73. The van der Waals surface area contributed by atoms with E-state index in [1.165, 1.54) is 15.4 Å². The van der Waals surface area contributed by atoms with Crippen molar-refractivity contribution >= 4 is 11.9 Å². The number of urea groups is 1. The molecule has 1 N–H and O–H groups in total. The van der Waals surface area contributed by atoms with Crippen LogP contribution in [0, 0.1) is 0 Å². The van der Waals surface area contributed by atoms with Crippen LogP contribution in [0.25, 0.3) is 0 Å². The smallest absolute Gasteiger partial charge is 0.318 e. The predicted octanol–water partition coefficient (Wildman–Crippen LogP) is 1.40.